The number of rotatable bonds is 2. The van der Waals surface area contributed by atoms with Crippen LogP contribution in [0.15, 0.2) is 11.6 Å². The van der Waals surface area contributed by atoms with Crippen LogP contribution in [0.3, 0.4) is 0 Å². The highest BCUT2D eigenvalue weighted by atomic mass is 13.8. The molecule has 0 rings (SSSR count). The quantitative estimate of drug-likeness (QED) is 0.376. The predicted octanol–water partition coefficient (Wildman–Crippen LogP) is 2.37. The molecule has 0 saturated heterocycles. The largest absolute Gasteiger partial charge is 0.120 e. The van der Waals surface area contributed by atoms with Crippen molar-refractivity contribution in [2.24, 2.45) is 0 Å². The summed E-state index contributed by atoms with van der Waals surface area (Å²) in [5.41, 5.74) is 1.38. The average Bonchev–Trinajstić information content (AvgIpc) is 1.83. The standard InChI is InChI=1S/C8H12/c1-4-6-7-8(3)5-2/h1,7H,5-6H2,2-3H3. The molecule has 0 aliphatic rings. The molecule has 0 N–H and O–H groups in total. The summed E-state index contributed by atoms with van der Waals surface area (Å²) in [7, 11) is 0. The zero-order chi connectivity index (χ0) is 6.41. The number of allylic oxidation sites excluding steroid dienone is 2. The van der Waals surface area contributed by atoms with Gasteiger partial charge in [-0.25, -0.2) is 0 Å². The van der Waals surface area contributed by atoms with Crippen LogP contribution in [0, 0.1) is 12.3 Å². The molecule has 0 nitrogen and oxygen atoms in total. The maximum Gasteiger partial charge on any atom is 0.0269 e. The third-order valence-electron chi connectivity index (χ3n) is 1.13. The van der Waals surface area contributed by atoms with Gasteiger partial charge in [-0.1, -0.05) is 18.6 Å². The molecule has 0 spiro atoms. The van der Waals surface area contributed by atoms with Crippen LogP contribution in [0.4, 0.5) is 0 Å². The third-order valence-corrected chi connectivity index (χ3v) is 1.13. The van der Waals surface area contributed by atoms with Crippen molar-refractivity contribution in [3.05, 3.63) is 11.6 Å². The molecular weight excluding hydrogens is 96.1 g/mol. The van der Waals surface area contributed by atoms with Crippen LogP contribution in [0.25, 0.3) is 0 Å². The van der Waals surface area contributed by atoms with Crippen molar-refractivity contribution < 1.29 is 0 Å². The van der Waals surface area contributed by atoms with Crippen LogP contribution in [0.1, 0.15) is 26.7 Å². The maximum atomic E-state index is 5.04. The van der Waals surface area contributed by atoms with Gasteiger partial charge >= 0.3 is 0 Å². The molecule has 0 atom stereocenters. The lowest BCUT2D eigenvalue weighted by Gasteiger charge is -1.88. The number of hydrogen-bond donors (Lipinski definition) is 0. The monoisotopic (exact) mass is 108 g/mol. The minimum absolute atomic E-state index is 0.777. The van der Waals surface area contributed by atoms with Crippen molar-refractivity contribution in [3.8, 4) is 12.3 Å². The Balaban J connectivity index is 3.45. The normalized spacial score (nSPS) is 10.9. The highest BCUT2D eigenvalue weighted by molar-refractivity contribution is 5.03. The van der Waals surface area contributed by atoms with Crippen molar-refractivity contribution in [3.63, 3.8) is 0 Å². The van der Waals surface area contributed by atoms with Gasteiger partial charge in [0.2, 0.25) is 0 Å². The van der Waals surface area contributed by atoms with Crippen LogP contribution in [-0.4, -0.2) is 0 Å². The minimum Gasteiger partial charge on any atom is -0.120 e. The minimum atomic E-state index is 0.777. The SMILES string of the molecule is C#CCC=C(C)CC. The Labute approximate surface area is 51.6 Å². The number of hydrogen-bond acceptors (Lipinski definition) is 0. The van der Waals surface area contributed by atoms with E-state index in [9.17, 15) is 0 Å². The molecule has 0 bridgehead atoms. The van der Waals surface area contributed by atoms with Gasteiger partial charge in [0.25, 0.3) is 0 Å². The van der Waals surface area contributed by atoms with Crippen molar-refractivity contribution in [1.29, 1.82) is 0 Å². The number of terminal acetylenes is 1. The van der Waals surface area contributed by atoms with Gasteiger partial charge in [0.15, 0.2) is 0 Å². The highest BCUT2D eigenvalue weighted by Gasteiger charge is 1.78. The lowest BCUT2D eigenvalue weighted by atomic mass is 10.2. The van der Waals surface area contributed by atoms with E-state index in [-0.39, 0.29) is 0 Å². The van der Waals surface area contributed by atoms with Crippen LogP contribution < -0.4 is 0 Å². The third kappa shape index (κ3) is 3.49. The summed E-state index contributed by atoms with van der Waals surface area (Å²) in [6, 6.07) is 0. The van der Waals surface area contributed by atoms with E-state index in [0.29, 0.717) is 0 Å². The summed E-state index contributed by atoms with van der Waals surface area (Å²) in [4.78, 5) is 0. The molecule has 0 saturated carbocycles. The van der Waals surface area contributed by atoms with E-state index in [0.717, 1.165) is 12.8 Å². The van der Waals surface area contributed by atoms with E-state index in [1.165, 1.54) is 5.57 Å². The van der Waals surface area contributed by atoms with Crippen LogP contribution in [0.5, 0.6) is 0 Å². The summed E-state index contributed by atoms with van der Waals surface area (Å²) >= 11 is 0. The lowest BCUT2D eigenvalue weighted by Crippen LogP contribution is -1.68. The molecule has 0 fully saturated rings. The Morgan fingerprint density at radius 3 is 2.75 bits per heavy atom. The average molecular weight is 108 g/mol. The van der Waals surface area contributed by atoms with Crippen molar-refractivity contribution >= 4 is 0 Å². The Kier molecular flexibility index (Phi) is 4.07. The van der Waals surface area contributed by atoms with E-state index in [4.69, 9.17) is 6.42 Å². The smallest absolute Gasteiger partial charge is 0.0269 e. The first kappa shape index (κ1) is 7.30. The second-order valence-electron chi connectivity index (χ2n) is 1.81. The fourth-order valence-electron chi connectivity index (χ4n) is 0.377. The predicted molar refractivity (Wildman–Crippen MR) is 37.5 cm³/mol. The van der Waals surface area contributed by atoms with E-state index in [2.05, 4.69) is 25.8 Å². The fourth-order valence-corrected chi connectivity index (χ4v) is 0.377. The van der Waals surface area contributed by atoms with Crippen LogP contribution >= 0.6 is 0 Å². The Hall–Kier alpha value is -0.700. The molecule has 0 heteroatoms. The van der Waals surface area contributed by atoms with Gasteiger partial charge in [-0.05, 0) is 13.3 Å². The van der Waals surface area contributed by atoms with Gasteiger partial charge in [-0.2, -0.15) is 0 Å². The van der Waals surface area contributed by atoms with Gasteiger partial charge in [0.1, 0.15) is 0 Å². The fraction of sp³-hybridized carbons (Fsp3) is 0.500. The molecule has 0 unspecified atom stereocenters. The molecule has 0 aliphatic heterocycles. The van der Waals surface area contributed by atoms with Gasteiger partial charge in [0, 0.05) is 6.42 Å². The van der Waals surface area contributed by atoms with Crippen molar-refractivity contribution in [2.75, 3.05) is 0 Å². The van der Waals surface area contributed by atoms with Gasteiger partial charge in [0.05, 0.1) is 0 Å². The molecule has 0 aliphatic carbocycles. The summed E-state index contributed by atoms with van der Waals surface area (Å²) in [5.74, 6) is 2.56. The Bertz CT molecular complexity index is 112. The van der Waals surface area contributed by atoms with Gasteiger partial charge in [-0.15, -0.1) is 12.3 Å². The van der Waals surface area contributed by atoms with E-state index < -0.39 is 0 Å². The first-order chi connectivity index (χ1) is 3.81. The summed E-state index contributed by atoms with van der Waals surface area (Å²) in [6.45, 7) is 4.22. The zero-order valence-corrected chi connectivity index (χ0v) is 5.57. The van der Waals surface area contributed by atoms with Gasteiger partial charge in [-0.3, -0.25) is 0 Å². The molecule has 8 heavy (non-hydrogen) atoms. The van der Waals surface area contributed by atoms with E-state index >= 15 is 0 Å². The van der Waals surface area contributed by atoms with Crippen LogP contribution in [-0.2, 0) is 0 Å². The maximum absolute atomic E-state index is 5.04. The van der Waals surface area contributed by atoms with E-state index in [1.54, 1.807) is 0 Å². The lowest BCUT2D eigenvalue weighted by molar-refractivity contribution is 1.08. The second kappa shape index (κ2) is 4.46. The molecule has 0 aromatic rings. The summed E-state index contributed by atoms with van der Waals surface area (Å²) in [6.07, 6.45) is 9.01. The molecule has 0 heterocycles. The molecule has 0 amide bonds. The molecular formula is C8H12. The zero-order valence-electron chi connectivity index (χ0n) is 5.57. The molecule has 44 valence electrons. The topological polar surface area (TPSA) is 0 Å². The highest BCUT2D eigenvalue weighted by Crippen LogP contribution is 1.97. The van der Waals surface area contributed by atoms with Crippen molar-refractivity contribution in [2.45, 2.75) is 26.7 Å². The molecule has 0 radical (unpaired) electrons. The van der Waals surface area contributed by atoms with Crippen molar-refractivity contribution in [1.82, 2.24) is 0 Å². The second-order valence-corrected chi connectivity index (χ2v) is 1.81. The first-order valence-electron chi connectivity index (χ1n) is 2.90. The molecule has 0 aromatic carbocycles. The molecule has 0 aromatic heterocycles. The summed E-state index contributed by atoms with van der Waals surface area (Å²) < 4.78 is 0. The van der Waals surface area contributed by atoms with Crippen LogP contribution in [0.2, 0.25) is 0 Å². The van der Waals surface area contributed by atoms with E-state index in [1.807, 2.05) is 0 Å². The van der Waals surface area contributed by atoms with Gasteiger partial charge < -0.3 is 0 Å². The first-order valence-corrected chi connectivity index (χ1v) is 2.90. The summed E-state index contributed by atoms with van der Waals surface area (Å²) in [5, 5.41) is 0. The Morgan fingerprint density at radius 1 is 1.75 bits per heavy atom. The Morgan fingerprint density at radius 2 is 2.38 bits per heavy atom.